The van der Waals surface area contributed by atoms with Crippen LogP contribution < -0.4 is 5.32 Å². The number of rotatable bonds is 4. The zero-order valence-corrected chi connectivity index (χ0v) is 10.6. The van der Waals surface area contributed by atoms with Gasteiger partial charge in [-0.3, -0.25) is 4.68 Å². The molecule has 0 aliphatic heterocycles. The monoisotopic (exact) mass is 234 g/mol. The third-order valence-corrected chi connectivity index (χ3v) is 2.67. The van der Waals surface area contributed by atoms with E-state index in [2.05, 4.69) is 34.3 Å². The molecule has 0 bridgehead atoms. The summed E-state index contributed by atoms with van der Waals surface area (Å²) in [5, 5.41) is 11.9. The van der Waals surface area contributed by atoms with Gasteiger partial charge in [-0.25, -0.2) is 9.67 Å². The molecule has 1 N–H and O–H groups in total. The fourth-order valence-electron chi connectivity index (χ4n) is 1.86. The number of aromatic nitrogens is 5. The standard InChI is InChI=1S/C11H18N6/c1-8(2)17-11(13-7-14-17)10(12-3)9-5-6-16(4)15-9/h5-8,10,12H,1-4H3. The highest BCUT2D eigenvalue weighted by Crippen LogP contribution is 2.19. The predicted octanol–water partition coefficient (Wildman–Crippen LogP) is 0.901. The maximum Gasteiger partial charge on any atom is 0.150 e. The summed E-state index contributed by atoms with van der Waals surface area (Å²) in [6, 6.07) is 2.24. The molecular weight excluding hydrogens is 216 g/mol. The number of nitrogens with one attached hydrogen (secondary N) is 1. The van der Waals surface area contributed by atoms with Crippen molar-refractivity contribution in [3.63, 3.8) is 0 Å². The Bertz CT molecular complexity index is 484. The van der Waals surface area contributed by atoms with Crippen LogP contribution in [-0.2, 0) is 7.05 Å². The Morgan fingerprint density at radius 2 is 2.12 bits per heavy atom. The molecule has 0 saturated carbocycles. The van der Waals surface area contributed by atoms with Gasteiger partial charge in [0.1, 0.15) is 12.4 Å². The molecule has 0 fully saturated rings. The molecule has 2 heterocycles. The zero-order valence-electron chi connectivity index (χ0n) is 10.6. The minimum absolute atomic E-state index is 0.0268. The van der Waals surface area contributed by atoms with Crippen molar-refractivity contribution in [3.8, 4) is 0 Å². The van der Waals surface area contributed by atoms with Crippen molar-refractivity contribution in [1.29, 1.82) is 0 Å². The molecule has 0 aliphatic rings. The maximum atomic E-state index is 4.41. The van der Waals surface area contributed by atoms with Crippen LogP contribution in [0.3, 0.4) is 0 Å². The van der Waals surface area contributed by atoms with Crippen LogP contribution in [0.2, 0.25) is 0 Å². The lowest BCUT2D eigenvalue weighted by Crippen LogP contribution is -2.24. The van der Waals surface area contributed by atoms with Gasteiger partial charge < -0.3 is 5.32 Å². The lowest BCUT2D eigenvalue weighted by atomic mass is 10.2. The van der Waals surface area contributed by atoms with Gasteiger partial charge in [0.15, 0.2) is 5.82 Å². The van der Waals surface area contributed by atoms with Gasteiger partial charge in [-0.2, -0.15) is 10.2 Å². The highest BCUT2D eigenvalue weighted by Gasteiger charge is 2.21. The van der Waals surface area contributed by atoms with Crippen LogP contribution in [0.1, 0.15) is 37.4 Å². The summed E-state index contributed by atoms with van der Waals surface area (Å²) >= 11 is 0. The molecule has 0 amide bonds. The van der Waals surface area contributed by atoms with E-state index < -0.39 is 0 Å². The molecule has 2 aromatic rings. The van der Waals surface area contributed by atoms with Gasteiger partial charge in [-0.15, -0.1) is 0 Å². The molecule has 0 aromatic carbocycles. The van der Waals surface area contributed by atoms with Crippen molar-refractivity contribution in [2.45, 2.75) is 25.9 Å². The Hall–Kier alpha value is -1.69. The molecule has 2 rings (SSSR count). The third kappa shape index (κ3) is 2.21. The van der Waals surface area contributed by atoms with Crippen LogP contribution >= 0.6 is 0 Å². The third-order valence-electron chi connectivity index (χ3n) is 2.67. The number of hydrogen-bond acceptors (Lipinski definition) is 4. The molecule has 92 valence electrons. The summed E-state index contributed by atoms with van der Waals surface area (Å²) in [5.74, 6) is 0.890. The molecule has 17 heavy (non-hydrogen) atoms. The molecule has 1 unspecified atom stereocenters. The molecule has 0 spiro atoms. The zero-order chi connectivity index (χ0) is 12.4. The molecule has 2 aromatic heterocycles. The number of aryl methyl sites for hydroxylation is 1. The van der Waals surface area contributed by atoms with Crippen molar-refractivity contribution >= 4 is 0 Å². The predicted molar refractivity (Wildman–Crippen MR) is 64.5 cm³/mol. The van der Waals surface area contributed by atoms with E-state index in [4.69, 9.17) is 0 Å². The van der Waals surface area contributed by atoms with Crippen molar-refractivity contribution in [1.82, 2.24) is 29.9 Å². The summed E-state index contributed by atoms with van der Waals surface area (Å²) in [5.41, 5.74) is 0.949. The quantitative estimate of drug-likeness (QED) is 0.854. The van der Waals surface area contributed by atoms with E-state index >= 15 is 0 Å². The first-order valence-corrected chi connectivity index (χ1v) is 5.69. The van der Waals surface area contributed by atoms with Crippen LogP contribution in [0.15, 0.2) is 18.6 Å². The Kier molecular flexibility index (Phi) is 3.23. The van der Waals surface area contributed by atoms with Crippen LogP contribution in [0, 0.1) is 0 Å². The SMILES string of the molecule is CNC(c1ccn(C)n1)c1ncnn1C(C)C. The normalized spacial score (nSPS) is 13.2. The minimum atomic E-state index is -0.0268. The molecule has 0 aliphatic carbocycles. The second kappa shape index (κ2) is 4.67. The molecular formula is C11H18N6. The van der Waals surface area contributed by atoms with E-state index in [1.54, 1.807) is 11.0 Å². The van der Waals surface area contributed by atoms with E-state index in [1.807, 2.05) is 31.0 Å². The van der Waals surface area contributed by atoms with Crippen molar-refractivity contribution in [3.05, 3.63) is 30.1 Å². The van der Waals surface area contributed by atoms with Crippen molar-refractivity contribution < 1.29 is 0 Å². The first-order valence-electron chi connectivity index (χ1n) is 5.69. The first kappa shape index (κ1) is 11.8. The summed E-state index contributed by atoms with van der Waals surface area (Å²) in [6.45, 7) is 4.17. The Labute approximate surface area is 101 Å². The molecule has 6 heteroatoms. The number of hydrogen-bond donors (Lipinski definition) is 1. The second-order valence-corrected chi connectivity index (χ2v) is 4.29. The van der Waals surface area contributed by atoms with Gasteiger partial charge >= 0.3 is 0 Å². The first-order chi connectivity index (χ1) is 8.13. The van der Waals surface area contributed by atoms with E-state index in [9.17, 15) is 0 Å². The molecule has 0 saturated heterocycles. The van der Waals surface area contributed by atoms with Crippen LogP contribution in [0.4, 0.5) is 0 Å². The second-order valence-electron chi connectivity index (χ2n) is 4.29. The molecule has 0 radical (unpaired) electrons. The Balaban J connectivity index is 2.38. The average molecular weight is 234 g/mol. The Morgan fingerprint density at radius 1 is 1.35 bits per heavy atom. The smallest absolute Gasteiger partial charge is 0.150 e. The topological polar surface area (TPSA) is 60.6 Å². The van der Waals surface area contributed by atoms with E-state index in [0.717, 1.165) is 11.5 Å². The average Bonchev–Trinajstić information content (AvgIpc) is 2.89. The lowest BCUT2D eigenvalue weighted by Gasteiger charge is -2.16. The fraction of sp³-hybridized carbons (Fsp3) is 0.545. The number of nitrogens with zero attached hydrogens (tertiary/aromatic N) is 5. The van der Waals surface area contributed by atoms with E-state index in [-0.39, 0.29) is 12.1 Å². The van der Waals surface area contributed by atoms with Gasteiger partial charge in [0.25, 0.3) is 0 Å². The summed E-state index contributed by atoms with van der Waals surface area (Å²) in [6.07, 6.45) is 3.51. The van der Waals surface area contributed by atoms with Gasteiger partial charge in [0.2, 0.25) is 0 Å². The van der Waals surface area contributed by atoms with Crippen LogP contribution in [0.5, 0.6) is 0 Å². The van der Waals surface area contributed by atoms with Gasteiger partial charge in [-0.05, 0) is 27.0 Å². The van der Waals surface area contributed by atoms with Gasteiger partial charge in [-0.1, -0.05) is 0 Å². The fourth-order valence-corrected chi connectivity index (χ4v) is 1.86. The van der Waals surface area contributed by atoms with Crippen molar-refractivity contribution in [2.75, 3.05) is 7.05 Å². The summed E-state index contributed by atoms with van der Waals surface area (Å²) < 4.78 is 3.70. The maximum absolute atomic E-state index is 4.41. The van der Waals surface area contributed by atoms with E-state index in [0.29, 0.717) is 0 Å². The Morgan fingerprint density at radius 3 is 2.65 bits per heavy atom. The largest absolute Gasteiger partial charge is 0.305 e. The molecule has 6 nitrogen and oxygen atoms in total. The van der Waals surface area contributed by atoms with Gasteiger partial charge in [0.05, 0.1) is 5.69 Å². The van der Waals surface area contributed by atoms with Crippen LogP contribution in [0.25, 0.3) is 0 Å². The highest BCUT2D eigenvalue weighted by atomic mass is 15.4. The minimum Gasteiger partial charge on any atom is -0.305 e. The van der Waals surface area contributed by atoms with Gasteiger partial charge in [0, 0.05) is 19.3 Å². The summed E-state index contributed by atoms with van der Waals surface area (Å²) in [7, 11) is 3.81. The van der Waals surface area contributed by atoms with Crippen molar-refractivity contribution in [2.24, 2.45) is 7.05 Å². The summed E-state index contributed by atoms with van der Waals surface area (Å²) in [4.78, 5) is 4.33. The van der Waals surface area contributed by atoms with E-state index in [1.165, 1.54) is 0 Å². The highest BCUT2D eigenvalue weighted by molar-refractivity contribution is 5.15. The molecule has 1 atom stereocenters. The van der Waals surface area contributed by atoms with Crippen LogP contribution in [-0.4, -0.2) is 31.6 Å². The lowest BCUT2D eigenvalue weighted by molar-refractivity contribution is 0.472.